The number of carbonyl (C=O) groups is 3. The Morgan fingerprint density at radius 2 is 1.85 bits per heavy atom. The van der Waals surface area contributed by atoms with Gasteiger partial charge in [-0.1, -0.05) is 6.92 Å². The zero-order valence-corrected chi connectivity index (χ0v) is 12.8. The van der Waals surface area contributed by atoms with Crippen LogP contribution in [0.2, 0.25) is 0 Å². The first-order valence-corrected chi connectivity index (χ1v) is 6.67. The quantitative estimate of drug-likeness (QED) is 0.645. The number of likely N-dealkylation sites (N-methyl/N-ethyl adjacent to an activating group) is 1. The lowest BCUT2D eigenvalue weighted by Crippen LogP contribution is -2.54. The van der Waals surface area contributed by atoms with E-state index in [1.54, 1.807) is 0 Å². The van der Waals surface area contributed by atoms with Crippen LogP contribution in [0.4, 0.5) is 4.79 Å². The highest BCUT2D eigenvalue weighted by atomic mass is 16.4. The molecule has 0 rings (SSSR count). The van der Waals surface area contributed by atoms with Crippen molar-refractivity contribution in [3.05, 3.63) is 0 Å². The number of urea groups is 1. The number of carboxylic acid groups (broad SMARTS) is 1. The van der Waals surface area contributed by atoms with Gasteiger partial charge < -0.3 is 20.6 Å². The first-order chi connectivity index (χ1) is 9.12. The Hall–Kier alpha value is -1.79. The number of amides is 3. The predicted octanol–water partition coefficient (Wildman–Crippen LogP) is 0.796. The van der Waals surface area contributed by atoms with Crippen molar-refractivity contribution in [1.29, 1.82) is 0 Å². The van der Waals surface area contributed by atoms with Gasteiger partial charge in [-0.15, -0.1) is 0 Å². The first-order valence-electron chi connectivity index (χ1n) is 6.67. The van der Waals surface area contributed by atoms with Crippen LogP contribution < -0.4 is 10.6 Å². The SMILES string of the molecule is CCC(C)NC(=O)CCNC(=O)N(C)C(C)(C)C(=O)O. The summed E-state index contributed by atoms with van der Waals surface area (Å²) in [5, 5.41) is 14.3. The van der Waals surface area contributed by atoms with Gasteiger partial charge in [0, 0.05) is 26.1 Å². The van der Waals surface area contributed by atoms with Gasteiger partial charge in [-0.3, -0.25) is 4.79 Å². The molecule has 7 nitrogen and oxygen atoms in total. The van der Waals surface area contributed by atoms with Crippen molar-refractivity contribution in [2.75, 3.05) is 13.6 Å². The molecule has 116 valence electrons. The van der Waals surface area contributed by atoms with Gasteiger partial charge in [0.05, 0.1) is 0 Å². The summed E-state index contributed by atoms with van der Waals surface area (Å²) < 4.78 is 0. The van der Waals surface area contributed by atoms with Gasteiger partial charge in [0.1, 0.15) is 5.54 Å². The Labute approximate surface area is 119 Å². The Morgan fingerprint density at radius 1 is 1.30 bits per heavy atom. The Balaban J connectivity index is 4.18. The largest absolute Gasteiger partial charge is 0.480 e. The van der Waals surface area contributed by atoms with Gasteiger partial charge in [-0.05, 0) is 27.2 Å². The maximum absolute atomic E-state index is 11.8. The molecule has 0 bridgehead atoms. The number of aliphatic carboxylic acids is 1. The molecule has 0 heterocycles. The van der Waals surface area contributed by atoms with Crippen LogP contribution >= 0.6 is 0 Å². The van der Waals surface area contributed by atoms with E-state index in [0.29, 0.717) is 0 Å². The summed E-state index contributed by atoms with van der Waals surface area (Å²) in [6.07, 6.45) is 1.01. The summed E-state index contributed by atoms with van der Waals surface area (Å²) >= 11 is 0. The van der Waals surface area contributed by atoms with Gasteiger partial charge in [0.2, 0.25) is 5.91 Å². The molecule has 0 aromatic heterocycles. The molecule has 0 aliphatic heterocycles. The molecule has 0 radical (unpaired) electrons. The minimum Gasteiger partial charge on any atom is -0.480 e. The Bertz CT molecular complexity index is 369. The van der Waals surface area contributed by atoms with E-state index in [1.807, 2.05) is 13.8 Å². The van der Waals surface area contributed by atoms with Crippen LogP contribution in [0.3, 0.4) is 0 Å². The third-order valence-corrected chi connectivity index (χ3v) is 3.31. The van der Waals surface area contributed by atoms with E-state index < -0.39 is 17.5 Å². The molecule has 20 heavy (non-hydrogen) atoms. The van der Waals surface area contributed by atoms with Crippen molar-refractivity contribution in [2.45, 2.75) is 52.1 Å². The highest BCUT2D eigenvalue weighted by Gasteiger charge is 2.35. The molecule has 0 aliphatic rings. The molecule has 3 N–H and O–H groups in total. The molecule has 1 unspecified atom stereocenters. The summed E-state index contributed by atoms with van der Waals surface area (Å²) in [4.78, 5) is 35.4. The molecule has 0 fully saturated rings. The van der Waals surface area contributed by atoms with Gasteiger partial charge in [-0.25, -0.2) is 9.59 Å². The summed E-state index contributed by atoms with van der Waals surface area (Å²) in [6.45, 7) is 6.91. The molecule has 3 amide bonds. The van der Waals surface area contributed by atoms with Crippen LogP contribution in [0.25, 0.3) is 0 Å². The number of carbonyl (C=O) groups excluding carboxylic acids is 2. The highest BCUT2D eigenvalue weighted by Crippen LogP contribution is 2.12. The van der Waals surface area contributed by atoms with E-state index in [4.69, 9.17) is 5.11 Å². The number of carboxylic acids is 1. The van der Waals surface area contributed by atoms with Gasteiger partial charge in [0.25, 0.3) is 0 Å². The van der Waals surface area contributed by atoms with Gasteiger partial charge in [0.15, 0.2) is 0 Å². The summed E-state index contributed by atoms with van der Waals surface area (Å²) in [5.74, 6) is -1.23. The van der Waals surface area contributed by atoms with Crippen molar-refractivity contribution in [1.82, 2.24) is 15.5 Å². The van der Waals surface area contributed by atoms with E-state index in [2.05, 4.69) is 10.6 Å². The zero-order chi connectivity index (χ0) is 15.9. The fraction of sp³-hybridized carbons (Fsp3) is 0.769. The zero-order valence-electron chi connectivity index (χ0n) is 12.8. The van der Waals surface area contributed by atoms with E-state index >= 15 is 0 Å². The van der Waals surface area contributed by atoms with Crippen LogP contribution in [0.15, 0.2) is 0 Å². The molecule has 0 aromatic rings. The number of nitrogens with zero attached hydrogens (tertiary/aromatic N) is 1. The Kier molecular flexibility index (Phi) is 7.02. The van der Waals surface area contributed by atoms with Crippen LogP contribution in [-0.4, -0.2) is 53.1 Å². The minimum atomic E-state index is -1.30. The van der Waals surface area contributed by atoms with Crippen LogP contribution in [-0.2, 0) is 9.59 Å². The van der Waals surface area contributed by atoms with Crippen molar-refractivity contribution in [2.24, 2.45) is 0 Å². The number of rotatable bonds is 7. The fourth-order valence-corrected chi connectivity index (χ4v) is 1.25. The Morgan fingerprint density at radius 3 is 2.30 bits per heavy atom. The first kappa shape index (κ1) is 18.2. The summed E-state index contributed by atoms with van der Waals surface area (Å²) in [6, 6.07) is -0.416. The average Bonchev–Trinajstić information content (AvgIpc) is 2.36. The van der Waals surface area contributed by atoms with Gasteiger partial charge >= 0.3 is 12.0 Å². The second-order valence-corrected chi connectivity index (χ2v) is 5.28. The molecular weight excluding hydrogens is 262 g/mol. The third kappa shape index (κ3) is 5.46. The highest BCUT2D eigenvalue weighted by molar-refractivity contribution is 5.85. The second-order valence-electron chi connectivity index (χ2n) is 5.28. The molecular formula is C13H25N3O4. The van der Waals surface area contributed by atoms with Crippen molar-refractivity contribution in [3.8, 4) is 0 Å². The third-order valence-electron chi connectivity index (χ3n) is 3.31. The second kappa shape index (κ2) is 7.72. The topological polar surface area (TPSA) is 98.7 Å². The van der Waals surface area contributed by atoms with Crippen molar-refractivity contribution in [3.63, 3.8) is 0 Å². The van der Waals surface area contributed by atoms with E-state index in [-0.39, 0.29) is 24.9 Å². The van der Waals surface area contributed by atoms with Crippen molar-refractivity contribution >= 4 is 17.9 Å². The molecule has 0 saturated heterocycles. The molecule has 0 saturated carbocycles. The molecule has 0 aromatic carbocycles. The average molecular weight is 287 g/mol. The minimum absolute atomic E-state index is 0.104. The molecule has 0 spiro atoms. The number of hydrogen-bond donors (Lipinski definition) is 3. The lowest BCUT2D eigenvalue weighted by atomic mass is 10.1. The van der Waals surface area contributed by atoms with Gasteiger partial charge in [-0.2, -0.15) is 0 Å². The van der Waals surface area contributed by atoms with E-state index in [9.17, 15) is 14.4 Å². The lowest BCUT2D eigenvalue weighted by molar-refractivity contribution is -0.146. The molecule has 7 heteroatoms. The predicted molar refractivity (Wildman–Crippen MR) is 75.4 cm³/mol. The number of hydrogen-bond acceptors (Lipinski definition) is 3. The van der Waals surface area contributed by atoms with E-state index in [1.165, 1.54) is 20.9 Å². The van der Waals surface area contributed by atoms with Crippen LogP contribution in [0, 0.1) is 0 Å². The normalized spacial score (nSPS) is 12.4. The maximum atomic E-state index is 11.8. The standard InChI is InChI=1S/C13H25N3O4/c1-6-9(2)15-10(17)7-8-14-12(20)16(5)13(3,4)11(18)19/h9H,6-8H2,1-5H3,(H,14,20)(H,15,17)(H,18,19). The summed E-state index contributed by atoms with van der Waals surface area (Å²) in [5.41, 5.74) is -1.30. The monoisotopic (exact) mass is 287 g/mol. The lowest BCUT2D eigenvalue weighted by Gasteiger charge is -2.31. The molecule has 0 aliphatic carbocycles. The smallest absolute Gasteiger partial charge is 0.329 e. The fourth-order valence-electron chi connectivity index (χ4n) is 1.25. The van der Waals surface area contributed by atoms with E-state index in [0.717, 1.165) is 11.3 Å². The van der Waals surface area contributed by atoms with Crippen molar-refractivity contribution < 1.29 is 19.5 Å². The van der Waals surface area contributed by atoms with Crippen LogP contribution in [0.1, 0.15) is 40.5 Å². The molecule has 1 atom stereocenters. The summed E-state index contributed by atoms with van der Waals surface area (Å²) in [7, 11) is 1.41. The van der Waals surface area contributed by atoms with Crippen LogP contribution in [0.5, 0.6) is 0 Å². The number of nitrogens with one attached hydrogen (secondary N) is 2. The maximum Gasteiger partial charge on any atom is 0.329 e.